The van der Waals surface area contributed by atoms with Gasteiger partial charge in [-0.05, 0) is 48.2 Å². The number of halogens is 1. The first kappa shape index (κ1) is 23.4. The fraction of sp³-hybridized carbons (Fsp3) is 0.290. The zero-order chi connectivity index (χ0) is 24.5. The molecule has 0 amide bonds. The third-order valence-electron chi connectivity index (χ3n) is 7.28. The van der Waals surface area contributed by atoms with Gasteiger partial charge < -0.3 is 9.80 Å². The van der Waals surface area contributed by atoms with Gasteiger partial charge >= 0.3 is 0 Å². The highest BCUT2D eigenvalue weighted by molar-refractivity contribution is 5.87. The molecule has 2 atom stereocenters. The Kier molecular flexibility index (Phi) is 6.48. The number of hydrogen-bond donors (Lipinski definition) is 0. The molecule has 3 nitrogen and oxygen atoms in total. The number of anilines is 1. The molecular formula is C31H34FN3. The number of benzene rings is 3. The van der Waals surface area contributed by atoms with E-state index in [-0.39, 0.29) is 5.82 Å². The van der Waals surface area contributed by atoms with Gasteiger partial charge in [-0.1, -0.05) is 73.3 Å². The molecule has 4 heteroatoms. The zero-order valence-corrected chi connectivity index (χ0v) is 20.9. The lowest BCUT2D eigenvalue weighted by Crippen LogP contribution is -2.55. The predicted molar refractivity (Wildman–Crippen MR) is 146 cm³/mol. The van der Waals surface area contributed by atoms with Crippen LogP contribution in [0.3, 0.4) is 0 Å². The Hall–Kier alpha value is -3.37. The summed E-state index contributed by atoms with van der Waals surface area (Å²) in [6, 6.07) is 22.9. The third-order valence-corrected chi connectivity index (χ3v) is 7.28. The molecule has 1 fully saturated rings. The van der Waals surface area contributed by atoms with E-state index in [1.165, 1.54) is 22.4 Å². The fourth-order valence-corrected chi connectivity index (χ4v) is 5.72. The zero-order valence-electron chi connectivity index (χ0n) is 20.9. The Morgan fingerprint density at radius 1 is 0.943 bits per heavy atom. The largest absolute Gasteiger partial charge is 0.370 e. The lowest BCUT2D eigenvalue weighted by atomic mass is 9.95. The van der Waals surface area contributed by atoms with E-state index >= 15 is 0 Å². The highest BCUT2D eigenvalue weighted by Gasteiger charge is 2.30. The van der Waals surface area contributed by atoms with Crippen molar-refractivity contribution in [3.8, 4) is 11.1 Å². The van der Waals surface area contributed by atoms with E-state index in [9.17, 15) is 4.39 Å². The first-order chi connectivity index (χ1) is 16.9. The van der Waals surface area contributed by atoms with Gasteiger partial charge in [-0.25, -0.2) is 4.39 Å². The first-order valence-corrected chi connectivity index (χ1v) is 12.5. The van der Waals surface area contributed by atoms with E-state index in [2.05, 4.69) is 96.8 Å². The van der Waals surface area contributed by atoms with Crippen LogP contribution in [0.25, 0.3) is 22.9 Å². The van der Waals surface area contributed by atoms with Crippen LogP contribution in [0.15, 0.2) is 79.4 Å². The van der Waals surface area contributed by atoms with Crippen molar-refractivity contribution in [3.63, 3.8) is 0 Å². The van der Waals surface area contributed by atoms with Crippen molar-refractivity contribution < 1.29 is 4.39 Å². The van der Waals surface area contributed by atoms with Gasteiger partial charge in [0.25, 0.3) is 0 Å². The minimum absolute atomic E-state index is 0.182. The SMILES string of the molecule is C=C(c1ccc(-c2cccc3c2N(C)CC=C3)cc1)N1C(C)CN(Cc2ccc(F)cc2)CC1C. The molecule has 0 radical (unpaired) electrons. The van der Waals surface area contributed by atoms with Crippen molar-refractivity contribution in [1.82, 2.24) is 9.80 Å². The van der Waals surface area contributed by atoms with Crippen LogP contribution in [0.4, 0.5) is 10.1 Å². The number of para-hydroxylation sites is 1. The molecule has 180 valence electrons. The average molecular weight is 468 g/mol. The third kappa shape index (κ3) is 4.76. The molecule has 1 saturated heterocycles. The molecule has 0 bridgehead atoms. The molecule has 0 aromatic heterocycles. The lowest BCUT2D eigenvalue weighted by molar-refractivity contribution is 0.0799. The van der Waals surface area contributed by atoms with Crippen molar-refractivity contribution in [2.45, 2.75) is 32.5 Å². The Balaban J connectivity index is 1.30. The van der Waals surface area contributed by atoms with Gasteiger partial charge in [0.2, 0.25) is 0 Å². The monoisotopic (exact) mass is 467 g/mol. The molecule has 3 aromatic rings. The molecule has 0 N–H and O–H groups in total. The summed E-state index contributed by atoms with van der Waals surface area (Å²) in [7, 11) is 2.15. The Morgan fingerprint density at radius 3 is 2.31 bits per heavy atom. The lowest BCUT2D eigenvalue weighted by Gasteiger charge is -2.46. The molecule has 35 heavy (non-hydrogen) atoms. The van der Waals surface area contributed by atoms with Crippen molar-refractivity contribution in [3.05, 3.63) is 102 Å². The smallest absolute Gasteiger partial charge is 0.123 e. The second kappa shape index (κ2) is 9.71. The molecular weight excluding hydrogens is 433 g/mol. The first-order valence-electron chi connectivity index (χ1n) is 12.5. The van der Waals surface area contributed by atoms with Crippen LogP contribution in [0.5, 0.6) is 0 Å². The van der Waals surface area contributed by atoms with Crippen LogP contribution in [-0.4, -0.2) is 48.6 Å². The quantitative estimate of drug-likeness (QED) is 0.423. The molecule has 5 rings (SSSR count). The molecule has 0 aliphatic carbocycles. The number of fused-ring (bicyclic) bond motifs is 1. The van der Waals surface area contributed by atoms with Crippen LogP contribution in [0, 0.1) is 5.82 Å². The minimum Gasteiger partial charge on any atom is -0.370 e. The van der Waals surface area contributed by atoms with Crippen LogP contribution in [-0.2, 0) is 6.54 Å². The van der Waals surface area contributed by atoms with E-state index in [4.69, 9.17) is 0 Å². The maximum Gasteiger partial charge on any atom is 0.123 e. The molecule has 2 heterocycles. The van der Waals surface area contributed by atoms with Gasteiger partial charge in [0, 0.05) is 56.6 Å². The van der Waals surface area contributed by atoms with Crippen molar-refractivity contribution in [2.24, 2.45) is 0 Å². The number of nitrogens with zero attached hydrogens (tertiary/aromatic N) is 3. The van der Waals surface area contributed by atoms with E-state index in [1.54, 1.807) is 12.1 Å². The number of likely N-dealkylation sites (N-methyl/N-ethyl adjacent to an activating group) is 1. The minimum atomic E-state index is -0.182. The Bertz CT molecular complexity index is 1220. The van der Waals surface area contributed by atoms with E-state index in [0.29, 0.717) is 12.1 Å². The molecule has 3 aromatic carbocycles. The second-order valence-electron chi connectivity index (χ2n) is 9.98. The van der Waals surface area contributed by atoms with Crippen LogP contribution in [0.1, 0.15) is 30.5 Å². The summed E-state index contributed by atoms with van der Waals surface area (Å²) in [5, 5.41) is 0. The van der Waals surface area contributed by atoms with Gasteiger partial charge in [-0.2, -0.15) is 0 Å². The van der Waals surface area contributed by atoms with E-state index in [1.807, 2.05) is 12.1 Å². The maximum absolute atomic E-state index is 13.3. The van der Waals surface area contributed by atoms with Gasteiger partial charge in [0.05, 0.1) is 5.69 Å². The summed E-state index contributed by atoms with van der Waals surface area (Å²) in [5.41, 5.74) is 8.45. The second-order valence-corrected chi connectivity index (χ2v) is 9.98. The van der Waals surface area contributed by atoms with Gasteiger partial charge in [0.15, 0.2) is 0 Å². The molecule has 2 aliphatic heterocycles. The van der Waals surface area contributed by atoms with Gasteiger partial charge in [-0.15, -0.1) is 0 Å². The summed E-state index contributed by atoms with van der Waals surface area (Å²) in [6.45, 7) is 12.7. The number of rotatable bonds is 5. The summed E-state index contributed by atoms with van der Waals surface area (Å²) in [4.78, 5) is 7.23. The van der Waals surface area contributed by atoms with Gasteiger partial charge in [0.1, 0.15) is 5.82 Å². The van der Waals surface area contributed by atoms with E-state index < -0.39 is 0 Å². The molecule has 0 spiro atoms. The maximum atomic E-state index is 13.3. The Labute approximate surface area is 208 Å². The standard InChI is InChI=1S/C31H34FN3/c1-22-19-34(21-25-10-16-29(32)17-11-25)20-23(2)35(22)24(3)26-12-14-27(15-13-26)30-9-5-7-28-8-6-18-33(4)31(28)30/h5-17,22-23H,3,18-21H2,1-2,4H3. The summed E-state index contributed by atoms with van der Waals surface area (Å²) in [6.07, 6.45) is 4.43. The number of hydrogen-bond acceptors (Lipinski definition) is 3. The normalized spacial score (nSPS) is 20.1. The van der Waals surface area contributed by atoms with E-state index in [0.717, 1.165) is 43.0 Å². The molecule has 0 saturated carbocycles. The topological polar surface area (TPSA) is 9.72 Å². The molecule has 2 unspecified atom stereocenters. The van der Waals surface area contributed by atoms with Crippen LogP contribution < -0.4 is 4.90 Å². The predicted octanol–water partition coefficient (Wildman–Crippen LogP) is 6.52. The van der Waals surface area contributed by atoms with Crippen molar-refractivity contribution >= 4 is 17.5 Å². The van der Waals surface area contributed by atoms with Gasteiger partial charge in [-0.3, -0.25) is 4.90 Å². The van der Waals surface area contributed by atoms with Crippen molar-refractivity contribution in [1.29, 1.82) is 0 Å². The number of piperazine rings is 1. The average Bonchev–Trinajstić information content (AvgIpc) is 2.85. The Morgan fingerprint density at radius 2 is 1.63 bits per heavy atom. The molecule has 2 aliphatic rings. The summed E-state index contributed by atoms with van der Waals surface area (Å²) in [5.74, 6) is -0.182. The fourth-order valence-electron chi connectivity index (χ4n) is 5.72. The van der Waals surface area contributed by atoms with Crippen molar-refractivity contribution in [2.75, 3.05) is 31.6 Å². The highest BCUT2D eigenvalue weighted by atomic mass is 19.1. The summed E-state index contributed by atoms with van der Waals surface area (Å²) >= 11 is 0. The highest BCUT2D eigenvalue weighted by Crippen LogP contribution is 2.37. The van der Waals surface area contributed by atoms with Crippen LogP contribution >= 0.6 is 0 Å². The summed E-state index contributed by atoms with van der Waals surface area (Å²) < 4.78 is 13.3. The van der Waals surface area contributed by atoms with Crippen LogP contribution in [0.2, 0.25) is 0 Å².